The lowest BCUT2D eigenvalue weighted by Gasteiger charge is -2.17. The molecule has 128 valence electrons. The Labute approximate surface area is 137 Å². The molecule has 0 fully saturated rings. The largest absolute Gasteiger partial charge is 0.494 e. The van der Waals surface area contributed by atoms with Crippen LogP contribution in [-0.4, -0.2) is 31.6 Å². The van der Waals surface area contributed by atoms with E-state index in [-0.39, 0.29) is 17.8 Å². The molecule has 0 aliphatic rings. The van der Waals surface area contributed by atoms with Crippen LogP contribution in [0.1, 0.15) is 33.1 Å². The number of amides is 1. The van der Waals surface area contributed by atoms with Gasteiger partial charge in [0.1, 0.15) is 5.75 Å². The number of nitrogens with one attached hydrogen (secondary N) is 1. The van der Waals surface area contributed by atoms with Crippen molar-refractivity contribution in [2.45, 2.75) is 39.2 Å². The maximum atomic E-state index is 12.0. The Morgan fingerprint density at radius 3 is 2.48 bits per heavy atom. The average Bonchev–Trinajstić information content (AvgIpc) is 2.58. The molecule has 2 atom stereocenters. The van der Waals surface area contributed by atoms with Gasteiger partial charge < -0.3 is 20.5 Å². The van der Waals surface area contributed by atoms with Crippen molar-refractivity contribution < 1.29 is 19.1 Å². The molecule has 0 saturated heterocycles. The van der Waals surface area contributed by atoms with Crippen molar-refractivity contribution in [2.75, 3.05) is 19.0 Å². The number of carbonyl (C=O) groups is 2. The molecule has 1 aromatic rings. The summed E-state index contributed by atoms with van der Waals surface area (Å²) >= 11 is 0. The Bertz CT molecular complexity index is 502. The molecule has 6 heteroatoms. The zero-order chi connectivity index (χ0) is 17.2. The number of hydrogen-bond acceptors (Lipinski definition) is 5. The lowest BCUT2D eigenvalue weighted by Crippen LogP contribution is -2.40. The number of methoxy groups -OCH3 is 1. The smallest absolute Gasteiger partial charge is 0.305 e. The Balaban J connectivity index is 2.41. The molecule has 0 heterocycles. The standard InChI is InChI=1S/C17H26N2O4/c1-4-12(2)16(18)17(21)19-13-7-9-14(10-8-13)23-11-5-6-15(20)22-3/h7-10,12,16H,4-6,11,18H2,1-3H3,(H,19,21). The molecule has 0 aliphatic carbocycles. The highest BCUT2D eigenvalue weighted by molar-refractivity contribution is 5.94. The van der Waals surface area contributed by atoms with E-state index in [1.165, 1.54) is 7.11 Å². The summed E-state index contributed by atoms with van der Waals surface area (Å²) in [6.07, 6.45) is 1.78. The molecule has 6 nitrogen and oxygen atoms in total. The first-order valence-electron chi connectivity index (χ1n) is 7.84. The highest BCUT2D eigenvalue weighted by Gasteiger charge is 2.19. The SMILES string of the molecule is CCC(C)C(N)C(=O)Nc1ccc(OCCCC(=O)OC)cc1. The van der Waals surface area contributed by atoms with Crippen LogP contribution in [0.25, 0.3) is 0 Å². The molecule has 23 heavy (non-hydrogen) atoms. The maximum Gasteiger partial charge on any atom is 0.305 e. The number of ether oxygens (including phenoxy) is 2. The summed E-state index contributed by atoms with van der Waals surface area (Å²) in [5.41, 5.74) is 6.57. The van der Waals surface area contributed by atoms with E-state index < -0.39 is 6.04 Å². The zero-order valence-corrected chi connectivity index (χ0v) is 14.0. The summed E-state index contributed by atoms with van der Waals surface area (Å²) in [5.74, 6) is 0.377. The average molecular weight is 322 g/mol. The van der Waals surface area contributed by atoms with E-state index in [2.05, 4.69) is 10.1 Å². The molecule has 0 bridgehead atoms. The number of esters is 1. The quantitative estimate of drug-likeness (QED) is 0.538. The van der Waals surface area contributed by atoms with Crippen molar-refractivity contribution in [1.29, 1.82) is 0 Å². The van der Waals surface area contributed by atoms with Crippen LogP contribution in [0.5, 0.6) is 5.75 Å². The van der Waals surface area contributed by atoms with E-state index in [0.717, 1.165) is 6.42 Å². The third-order valence-electron chi connectivity index (χ3n) is 3.70. The van der Waals surface area contributed by atoms with Crippen LogP contribution in [0.4, 0.5) is 5.69 Å². The molecule has 0 radical (unpaired) electrons. The fraction of sp³-hybridized carbons (Fsp3) is 0.529. The van der Waals surface area contributed by atoms with Gasteiger partial charge in [-0.25, -0.2) is 0 Å². The molecule has 0 spiro atoms. The van der Waals surface area contributed by atoms with Crippen LogP contribution in [-0.2, 0) is 14.3 Å². The van der Waals surface area contributed by atoms with Gasteiger partial charge in [0.15, 0.2) is 0 Å². The highest BCUT2D eigenvalue weighted by atomic mass is 16.5. The second kappa shape index (κ2) is 9.84. The topological polar surface area (TPSA) is 90.7 Å². The Hall–Kier alpha value is -2.08. The maximum absolute atomic E-state index is 12.0. The fourth-order valence-corrected chi connectivity index (χ4v) is 1.88. The minimum absolute atomic E-state index is 0.132. The number of nitrogens with two attached hydrogens (primary N) is 1. The van der Waals surface area contributed by atoms with Crippen molar-refractivity contribution in [1.82, 2.24) is 0 Å². The minimum Gasteiger partial charge on any atom is -0.494 e. The van der Waals surface area contributed by atoms with Gasteiger partial charge in [0.25, 0.3) is 0 Å². The van der Waals surface area contributed by atoms with Crippen LogP contribution < -0.4 is 15.8 Å². The van der Waals surface area contributed by atoms with Crippen molar-refractivity contribution in [2.24, 2.45) is 11.7 Å². The van der Waals surface area contributed by atoms with E-state index in [1.54, 1.807) is 24.3 Å². The van der Waals surface area contributed by atoms with Crippen LogP contribution in [0.3, 0.4) is 0 Å². The van der Waals surface area contributed by atoms with Gasteiger partial charge in [-0.15, -0.1) is 0 Å². The predicted octanol–water partition coefficient (Wildman–Crippen LogP) is 2.33. The number of carbonyl (C=O) groups excluding carboxylic acids is 2. The highest BCUT2D eigenvalue weighted by Crippen LogP contribution is 2.17. The van der Waals surface area contributed by atoms with Crippen LogP contribution >= 0.6 is 0 Å². The van der Waals surface area contributed by atoms with Gasteiger partial charge in [-0.05, 0) is 36.6 Å². The van der Waals surface area contributed by atoms with E-state index in [4.69, 9.17) is 10.5 Å². The van der Waals surface area contributed by atoms with Gasteiger partial charge in [-0.2, -0.15) is 0 Å². The third-order valence-corrected chi connectivity index (χ3v) is 3.70. The second-order valence-corrected chi connectivity index (χ2v) is 5.45. The number of anilines is 1. The number of hydrogen-bond donors (Lipinski definition) is 2. The van der Waals surface area contributed by atoms with E-state index >= 15 is 0 Å². The first-order chi connectivity index (χ1) is 11.0. The lowest BCUT2D eigenvalue weighted by molar-refractivity contribution is -0.140. The molecule has 0 aliphatic heterocycles. The summed E-state index contributed by atoms with van der Waals surface area (Å²) in [5, 5.41) is 2.79. The summed E-state index contributed by atoms with van der Waals surface area (Å²) in [4.78, 5) is 23.0. The molecule has 1 aromatic carbocycles. The van der Waals surface area contributed by atoms with Gasteiger partial charge in [0.2, 0.25) is 5.91 Å². The molecule has 0 aromatic heterocycles. The minimum atomic E-state index is -0.519. The fourth-order valence-electron chi connectivity index (χ4n) is 1.88. The predicted molar refractivity (Wildman–Crippen MR) is 89.2 cm³/mol. The van der Waals surface area contributed by atoms with Crippen molar-refractivity contribution in [3.8, 4) is 5.75 Å². The molecule has 1 rings (SSSR count). The van der Waals surface area contributed by atoms with Crippen LogP contribution in [0, 0.1) is 5.92 Å². The van der Waals surface area contributed by atoms with E-state index in [0.29, 0.717) is 30.9 Å². The first-order valence-corrected chi connectivity index (χ1v) is 7.84. The van der Waals surface area contributed by atoms with Crippen molar-refractivity contribution >= 4 is 17.6 Å². The Kier molecular flexibility index (Phi) is 8.11. The van der Waals surface area contributed by atoms with Gasteiger partial charge in [-0.1, -0.05) is 20.3 Å². The molecule has 2 unspecified atom stereocenters. The third kappa shape index (κ3) is 6.69. The number of rotatable bonds is 9. The van der Waals surface area contributed by atoms with Gasteiger partial charge >= 0.3 is 5.97 Å². The second-order valence-electron chi connectivity index (χ2n) is 5.45. The van der Waals surface area contributed by atoms with E-state index in [9.17, 15) is 9.59 Å². The summed E-state index contributed by atoms with van der Waals surface area (Å²) in [6, 6.07) is 6.54. The molecule has 3 N–H and O–H groups in total. The number of benzene rings is 1. The lowest BCUT2D eigenvalue weighted by atomic mass is 9.99. The molecule has 1 amide bonds. The van der Waals surface area contributed by atoms with Crippen molar-refractivity contribution in [3.63, 3.8) is 0 Å². The van der Waals surface area contributed by atoms with Gasteiger partial charge in [0.05, 0.1) is 19.8 Å². The van der Waals surface area contributed by atoms with Gasteiger partial charge in [-0.3, -0.25) is 9.59 Å². The Morgan fingerprint density at radius 2 is 1.91 bits per heavy atom. The summed E-state index contributed by atoms with van der Waals surface area (Å²) in [7, 11) is 1.36. The summed E-state index contributed by atoms with van der Waals surface area (Å²) in [6.45, 7) is 4.39. The Morgan fingerprint density at radius 1 is 1.26 bits per heavy atom. The zero-order valence-electron chi connectivity index (χ0n) is 14.0. The van der Waals surface area contributed by atoms with Crippen LogP contribution in [0.2, 0.25) is 0 Å². The summed E-state index contributed by atoms with van der Waals surface area (Å²) < 4.78 is 10.1. The van der Waals surface area contributed by atoms with E-state index in [1.807, 2.05) is 13.8 Å². The molecule has 0 saturated carbocycles. The van der Waals surface area contributed by atoms with Crippen molar-refractivity contribution in [3.05, 3.63) is 24.3 Å². The molecular formula is C17H26N2O4. The van der Waals surface area contributed by atoms with Crippen LogP contribution in [0.15, 0.2) is 24.3 Å². The molecular weight excluding hydrogens is 296 g/mol. The first kappa shape index (κ1) is 19.0. The van der Waals surface area contributed by atoms with Gasteiger partial charge in [0, 0.05) is 12.1 Å². The monoisotopic (exact) mass is 322 g/mol. The normalized spacial score (nSPS) is 13.0.